The summed E-state index contributed by atoms with van der Waals surface area (Å²) in [7, 11) is 0. The third kappa shape index (κ3) is 2.73. The van der Waals surface area contributed by atoms with E-state index in [4.69, 9.17) is 17.3 Å². The number of nitrogens with one attached hydrogen (secondary N) is 1. The van der Waals surface area contributed by atoms with Gasteiger partial charge in [0.15, 0.2) is 5.82 Å². The van der Waals surface area contributed by atoms with Crippen LogP contribution in [0.5, 0.6) is 0 Å². The highest BCUT2D eigenvalue weighted by atomic mass is 35.5. The summed E-state index contributed by atoms with van der Waals surface area (Å²) in [4.78, 5) is 21.9. The van der Waals surface area contributed by atoms with Crippen LogP contribution in [-0.4, -0.2) is 35.5 Å². The Bertz CT molecular complexity index is 495. The van der Waals surface area contributed by atoms with Crippen molar-refractivity contribution in [2.75, 3.05) is 29.9 Å². The maximum Gasteiger partial charge on any atom is 0.225 e. The quantitative estimate of drug-likeness (QED) is 0.869. The van der Waals surface area contributed by atoms with Crippen LogP contribution in [0.2, 0.25) is 5.02 Å². The van der Waals surface area contributed by atoms with Gasteiger partial charge in [-0.3, -0.25) is 4.79 Å². The number of carbonyl (C=O) groups excluding carboxylic acids is 1. The molecule has 1 amide bonds. The number of rotatable bonds is 4. The molecule has 2 rings (SSSR count). The van der Waals surface area contributed by atoms with E-state index >= 15 is 0 Å². The highest BCUT2D eigenvalue weighted by Crippen LogP contribution is 2.35. The Morgan fingerprint density at radius 3 is 3.00 bits per heavy atom. The van der Waals surface area contributed by atoms with Gasteiger partial charge in [0.05, 0.1) is 11.6 Å². The molecule has 1 aliphatic heterocycles. The minimum Gasteiger partial charge on any atom is -0.369 e. The van der Waals surface area contributed by atoms with Crippen molar-refractivity contribution in [2.24, 2.45) is 11.1 Å². The lowest BCUT2D eigenvalue weighted by atomic mass is 9.89. The molecule has 1 fully saturated rings. The standard InChI is InChI=1S/C12H18ClN5O/c1-3-15-11-16-6-8(13)9(17-11)18-5-4-12(2,7-18)10(14)19/h6H,3-5,7H2,1-2H3,(H2,14,19)(H,15,16,17). The molecule has 104 valence electrons. The Morgan fingerprint density at radius 2 is 2.42 bits per heavy atom. The van der Waals surface area contributed by atoms with E-state index in [0.29, 0.717) is 36.3 Å². The highest BCUT2D eigenvalue weighted by molar-refractivity contribution is 6.32. The molecule has 3 N–H and O–H groups in total. The maximum absolute atomic E-state index is 11.5. The van der Waals surface area contributed by atoms with E-state index in [0.717, 1.165) is 6.54 Å². The Hall–Kier alpha value is -1.56. The van der Waals surface area contributed by atoms with Crippen molar-refractivity contribution in [3.05, 3.63) is 11.2 Å². The number of primary amides is 1. The smallest absolute Gasteiger partial charge is 0.225 e. The molecular formula is C12H18ClN5O. The molecular weight excluding hydrogens is 266 g/mol. The molecule has 1 aliphatic rings. The van der Waals surface area contributed by atoms with Gasteiger partial charge < -0.3 is 16.0 Å². The number of nitrogens with two attached hydrogens (primary N) is 1. The first-order valence-corrected chi connectivity index (χ1v) is 6.65. The lowest BCUT2D eigenvalue weighted by Crippen LogP contribution is -2.37. The lowest BCUT2D eigenvalue weighted by Gasteiger charge is -2.22. The Kier molecular flexibility index (Phi) is 3.80. The average molecular weight is 284 g/mol. The molecule has 1 saturated heterocycles. The summed E-state index contributed by atoms with van der Waals surface area (Å²) in [5.41, 5.74) is 4.92. The zero-order chi connectivity index (χ0) is 14.0. The monoisotopic (exact) mass is 283 g/mol. The van der Waals surface area contributed by atoms with Crippen LogP contribution >= 0.6 is 11.6 Å². The molecule has 1 unspecified atom stereocenters. The fourth-order valence-electron chi connectivity index (χ4n) is 2.17. The molecule has 0 spiro atoms. The number of amides is 1. The minimum absolute atomic E-state index is 0.285. The normalized spacial score (nSPS) is 22.6. The van der Waals surface area contributed by atoms with Gasteiger partial charge in [-0.05, 0) is 20.3 Å². The van der Waals surface area contributed by atoms with Gasteiger partial charge in [0, 0.05) is 19.6 Å². The van der Waals surface area contributed by atoms with Crippen molar-refractivity contribution in [3.63, 3.8) is 0 Å². The average Bonchev–Trinajstić information content (AvgIpc) is 2.76. The molecule has 1 aromatic heterocycles. The van der Waals surface area contributed by atoms with Gasteiger partial charge in [-0.15, -0.1) is 0 Å². The van der Waals surface area contributed by atoms with Crippen LogP contribution in [0.3, 0.4) is 0 Å². The number of hydrogen-bond donors (Lipinski definition) is 2. The van der Waals surface area contributed by atoms with Gasteiger partial charge >= 0.3 is 0 Å². The number of nitrogens with zero attached hydrogens (tertiary/aromatic N) is 3. The predicted octanol–water partition coefficient (Wildman–Crippen LogP) is 1.26. The maximum atomic E-state index is 11.5. The van der Waals surface area contributed by atoms with Gasteiger partial charge in [0.25, 0.3) is 0 Å². The molecule has 2 heterocycles. The summed E-state index contributed by atoms with van der Waals surface area (Å²) in [6.45, 7) is 5.82. The van der Waals surface area contributed by atoms with Crippen molar-refractivity contribution in [1.82, 2.24) is 9.97 Å². The summed E-state index contributed by atoms with van der Waals surface area (Å²) < 4.78 is 0. The first kappa shape index (κ1) is 13.9. The van der Waals surface area contributed by atoms with Crippen LogP contribution in [0.15, 0.2) is 6.20 Å². The second kappa shape index (κ2) is 5.21. The van der Waals surface area contributed by atoms with Crippen LogP contribution in [0, 0.1) is 5.41 Å². The molecule has 1 atom stereocenters. The van der Waals surface area contributed by atoms with Crippen LogP contribution < -0.4 is 16.0 Å². The van der Waals surface area contributed by atoms with Gasteiger partial charge in [-0.25, -0.2) is 4.98 Å². The molecule has 0 saturated carbocycles. The van der Waals surface area contributed by atoms with Crippen molar-refractivity contribution >= 4 is 29.3 Å². The second-order valence-electron chi connectivity index (χ2n) is 4.99. The zero-order valence-electron chi connectivity index (χ0n) is 11.1. The number of aromatic nitrogens is 2. The first-order valence-electron chi connectivity index (χ1n) is 6.27. The van der Waals surface area contributed by atoms with E-state index in [9.17, 15) is 4.79 Å². The van der Waals surface area contributed by atoms with Gasteiger partial charge in [-0.1, -0.05) is 11.6 Å². The van der Waals surface area contributed by atoms with Crippen LogP contribution in [0.25, 0.3) is 0 Å². The predicted molar refractivity (Wildman–Crippen MR) is 75.3 cm³/mol. The Balaban J connectivity index is 2.23. The molecule has 7 heteroatoms. The van der Waals surface area contributed by atoms with Crippen molar-refractivity contribution in [2.45, 2.75) is 20.3 Å². The van der Waals surface area contributed by atoms with Crippen LogP contribution in [0.1, 0.15) is 20.3 Å². The van der Waals surface area contributed by atoms with Crippen LogP contribution in [0.4, 0.5) is 11.8 Å². The van der Waals surface area contributed by atoms with Gasteiger partial charge in [0.2, 0.25) is 11.9 Å². The summed E-state index contributed by atoms with van der Waals surface area (Å²) in [6, 6.07) is 0. The largest absolute Gasteiger partial charge is 0.369 e. The van der Waals surface area contributed by atoms with Crippen LogP contribution in [-0.2, 0) is 4.79 Å². The van der Waals surface area contributed by atoms with E-state index in [1.54, 1.807) is 6.20 Å². The van der Waals surface area contributed by atoms with Gasteiger partial charge in [-0.2, -0.15) is 4.98 Å². The molecule has 0 radical (unpaired) electrons. The fraction of sp³-hybridized carbons (Fsp3) is 0.583. The van der Waals surface area contributed by atoms with Crippen molar-refractivity contribution in [1.29, 1.82) is 0 Å². The Morgan fingerprint density at radius 1 is 1.68 bits per heavy atom. The third-order valence-electron chi connectivity index (χ3n) is 3.43. The molecule has 6 nitrogen and oxygen atoms in total. The lowest BCUT2D eigenvalue weighted by molar-refractivity contribution is -0.125. The van der Waals surface area contributed by atoms with Crippen molar-refractivity contribution in [3.8, 4) is 0 Å². The van der Waals surface area contributed by atoms with E-state index in [1.807, 2.05) is 18.7 Å². The third-order valence-corrected chi connectivity index (χ3v) is 3.69. The molecule has 19 heavy (non-hydrogen) atoms. The number of carbonyl (C=O) groups is 1. The zero-order valence-corrected chi connectivity index (χ0v) is 11.9. The highest BCUT2D eigenvalue weighted by Gasteiger charge is 2.39. The molecule has 0 aliphatic carbocycles. The molecule has 0 bridgehead atoms. The van der Waals surface area contributed by atoms with E-state index in [1.165, 1.54) is 0 Å². The SMILES string of the molecule is CCNc1ncc(Cl)c(N2CCC(C)(C(N)=O)C2)n1. The summed E-state index contributed by atoms with van der Waals surface area (Å²) in [6.07, 6.45) is 2.28. The Labute approximate surface area is 117 Å². The minimum atomic E-state index is -0.521. The second-order valence-corrected chi connectivity index (χ2v) is 5.40. The fourth-order valence-corrected chi connectivity index (χ4v) is 2.38. The number of hydrogen-bond acceptors (Lipinski definition) is 5. The molecule has 1 aromatic rings. The topological polar surface area (TPSA) is 84.1 Å². The summed E-state index contributed by atoms with van der Waals surface area (Å²) in [5, 5.41) is 3.52. The molecule has 0 aromatic carbocycles. The van der Waals surface area contributed by atoms with E-state index < -0.39 is 5.41 Å². The van der Waals surface area contributed by atoms with E-state index in [2.05, 4.69) is 15.3 Å². The number of halogens is 1. The van der Waals surface area contributed by atoms with Gasteiger partial charge in [0.1, 0.15) is 5.02 Å². The summed E-state index contributed by atoms with van der Waals surface area (Å²) >= 11 is 6.14. The van der Waals surface area contributed by atoms with E-state index in [-0.39, 0.29) is 5.91 Å². The summed E-state index contributed by atoms with van der Waals surface area (Å²) in [5.74, 6) is 0.902. The van der Waals surface area contributed by atoms with Crippen molar-refractivity contribution < 1.29 is 4.79 Å². The number of anilines is 2. The first-order chi connectivity index (χ1) is 8.96.